The van der Waals surface area contributed by atoms with E-state index in [1.165, 1.54) is 15.3 Å². The van der Waals surface area contributed by atoms with E-state index in [0.717, 1.165) is 18.7 Å². The molecular formula is C17H24N2OS. The number of nitrogens with zero attached hydrogens (tertiary/aromatic N) is 1. The van der Waals surface area contributed by atoms with Gasteiger partial charge in [0.1, 0.15) is 5.75 Å². The molecule has 0 radical (unpaired) electrons. The quantitative estimate of drug-likeness (QED) is 0.851. The number of hydrogen-bond acceptors (Lipinski definition) is 4. The van der Waals surface area contributed by atoms with E-state index in [9.17, 15) is 0 Å². The summed E-state index contributed by atoms with van der Waals surface area (Å²) in [7, 11) is 3.83. The lowest BCUT2D eigenvalue weighted by Gasteiger charge is -2.26. The van der Waals surface area contributed by atoms with Crippen LogP contribution < -0.4 is 10.5 Å². The Kier molecular flexibility index (Phi) is 5.79. The van der Waals surface area contributed by atoms with E-state index in [1.54, 1.807) is 7.11 Å². The summed E-state index contributed by atoms with van der Waals surface area (Å²) in [6.45, 7) is 3.68. The van der Waals surface area contributed by atoms with Gasteiger partial charge in [0, 0.05) is 22.8 Å². The van der Waals surface area contributed by atoms with Crippen molar-refractivity contribution in [3.05, 3.63) is 51.7 Å². The van der Waals surface area contributed by atoms with Gasteiger partial charge in [-0.25, -0.2) is 0 Å². The predicted molar refractivity (Wildman–Crippen MR) is 90.0 cm³/mol. The average molecular weight is 304 g/mol. The Morgan fingerprint density at radius 2 is 2.10 bits per heavy atom. The molecule has 0 aliphatic rings. The van der Waals surface area contributed by atoms with Gasteiger partial charge in [0.25, 0.3) is 0 Å². The third-order valence-corrected chi connectivity index (χ3v) is 5.01. The number of hydrogen-bond donors (Lipinski definition) is 1. The maximum Gasteiger partial charge on any atom is 0.119 e. The minimum absolute atomic E-state index is 0.265. The van der Waals surface area contributed by atoms with Crippen LogP contribution in [0.4, 0.5) is 0 Å². The van der Waals surface area contributed by atoms with Crippen molar-refractivity contribution in [1.82, 2.24) is 4.90 Å². The number of thiophene rings is 1. The molecule has 1 aromatic heterocycles. The molecule has 4 heteroatoms. The van der Waals surface area contributed by atoms with Crippen molar-refractivity contribution in [2.75, 3.05) is 20.7 Å². The fourth-order valence-electron chi connectivity index (χ4n) is 2.45. The molecule has 2 N–H and O–H groups in total. The highest BCUT2D eigenvalue weighted by Gasteiger charge is 2.17. The topological polar surface area (TPSA) is 38.5 Å². The van der Waals surface area contributed by atoms with Crippen molar-refractivity contribution in [3.8, 4) is 5.75 Å². The van der Waals surface area contributed by atoms with E-state index >= 15 is 0 Å². The molecule has 1 aromatic carbocycles. The maximum absolute atomic E-state index is 6.01. The summed E-state index contributed by atoms with van der Waals surface area (Å²) in [5.74, 6) is 0.898. The molecule has 1 atom stereocenters. The molecule has 0 aliphatic heterocycles. The summed E-state index contributed by atoms with van der Waals surface area (Å²) in [4.78, 5) is 5.07. The lowest BCUT2D eigenvalue weighted by atomic mass is 10.1. The first-order valence-corrected chi connectivity index (χ1v) is 8.11. The lowest BCUT2D eigenvalue weighted by Crippen LogP contribution is -2.29. The van der Waals surface area contributed by atoms with Crippen molar-refractivity contribution in [3.63, 3.8) is 0 Å². The summed E-state index contributed by atoms with van der Waals surface area (Å²) in [6, 6.07) is 12.9. The number of aryl methyl sites for hydroxylation is 1. The van der Waals surface area contributed by atoms with Crippen LogP contribution in [0.25, 0.3) is 0 Å². The van der Waals surface area contributed by atoms with Crippen LogP contribution in [0.2, 0.25) is 0 Å². The monoisotopic (exact) mass is 304 g/mol. The first-order valence-electron chi connectivity index (χ1n) is 7.29. The summed E-state index contributed by atoms with van der Waals surface area (Å²) >= 11 is 1.87. The minimum Gasteiger partial charge on any atom is -0.497 e. The molecule has 0 amide bonds. The van der Waals surface area contributed by atoms with Gasteiger partial charge in [-0.15, -0.1) is 11.3 Å². The van der Waals surface area contributed by atoms with Gasteiger partial charge in [-0.3, -0.25) is 4.90 Å². The van der Waals surface area contributed by atoms with E-state index in [-0.39, 0.29) is 6.04 Å². The molecule has 21 heavy (non-hydrogen) atoms. The van der Waals surface area contributed by atoms with Gasteiger partial charge in [-0.1, -0.05) is 19.1 Å². The predicted octanol–water partition coefficient (Wildman–Crippen LogP) is 3.45. The Balaban J connectivity index is 2.10. The summed E-state index contributed by atoms with van der Waals surface area (Å²) in [6.07, 6.45) is 1.08. The average Bonchev–Trinajstić information content (AvgIpc) is 2.97. The molecule has 0 saturated carbocycles. The van der Waals surface area contributed by atoms with Gasteiger partial charge in [-0.05, 0) is 43.3 Å². The van der Waals surface area contributed by atoms with Gasteiger partial charge >= 0.3 is 0 Å². The first kappa shape index (κ1) is 16.0. The number of methoxy groups -OCH3 is 1. The van der Waals surface area contributed by atoms with E-state index in [2.05, 4.69) is 43.1 Å². The highest BCUT2D eigenvalue weighted by Crippen LogP contribution is 2.28. The fraction of sp³-hybridized carbons (Fsp3) is 0.412. The largest absolute Gasteiger partial charge is 0.497 e. The molecule has 0 aliphatic carbocycles. The van der Waals surface area contributed by atoms with Crippen LogP contribution >= 0.6 is 11.3 Å². The molecule has 3 nitrogen and oxygen atoms in total. The van der Waals surface area contributed by atoms with Crippen molar-refractivity contribution < 1.29 is 4.74 Å². The number of likely N-dealkylation sites (N-methyl/N-ethyl adjacent to an activating group) is 1. The highest BCUT2D eigenvalue weighted by atomic mass is 32.1. The Morgan fingerprint density at radius 1 is 1.29 bits per heavy atom. The SMILES string of the molecule is CCc1ccc(C(CN)N(C)Cc2cccc(OC)c2)s1. The van der Waals surface area contributed by atoms with Crippen LogP contribution in [-0.4, -0.2) is 25.6 Å². The summed E-state index contributed by atoms with van der Waals surface area (Å²) < 4.78 is 5.28. The lowest BCUT2D eigenvalue weighted by molar-refractivity contribution is 0.245. The molecule has 114 valence electrons. The van der Waals surface area contributed by atoms with Crippen LogP contribution in [0.15, 0.2) is 36.4 Å². The molecule has 0 fully saturated rings. The number of nitrogens with two attached hydrogens (primary N) is 1. The zero-order valence-electron chi connectivity index (χ0n) is 13.0. The van der Waals surface area contributed by atoms with E-state index in [0.29, 0.717) is 6.54 Å². The summed E-state index contributed by atoms with van der Waals surface area (Å²) in [5, 5.41) is 0. The maximum atomic E-state index is 6.01. The smallest absolute Gasteiger partial charge is 0.119 e. The van der Waals surface area contributed by atoms with Gasteiger partial charge in [0.2, 0.25) is 0 Å². The molecule has 1 unspecified atom stereocenters. The Morgan fingerprint density at radius 3 is 2.71 bits per heavy atom. The minimum atomic E-state index is 0.265. The van der Waals surface area contributed by atoms with Crippen LogP contribution in [0.1, 0.15) is 28.3 Å². The second-order valence-corrected chi connectivity index (χ2v) is 6.38. The van der Waals surface area contributed by atoms with Gasteiger partial charge in [0.15, 0.2) is 0 Å². The Hall–Kier alpha value is -1.36. The third kappa shape index (κ3) is 4.06. The van der Waals surface area contributed by atoms with Crippen LogP contribution in [0.5, 0.6) is 5.75 Å². The molecule has 0 spiro atoms. The Labute approximate surface area is 131 Å². The molecule has 2 aromatic rings. The normalized spacial score (nSPS) is 12.6. The van der Waals surface area contributed by atoms with Crippen LogP contribution in [0, 0.1) is 0 Å². The van der Waals surface area contributed by atoms with Crippen molar-refractivity contribution in [1.29, 1.82) is 0 Å². The molecule has 2 rings (SSSR count). The van der Waals surface area contributed by atoms with Crippen molar-refractivity contribution in [2.24, 2.45) is 5.73 Å². The fourth-order valence-corrected chi connectivity index (χ4v) is 3.58. The second kappa shape index (κ2) is 7.59. The second-order valence-electron chi connectivity index (χ2n) is 5.18. The Bertz CT molecular complexity index is 567. The van der Waals surface area contributed by atoms with Gasteiger partial charge in [0.05, 0.1) is 13.2 Å². The molecule has 0 saturated heterocycles. The zero-order valence-corrected chi connectivity index (χ0v) is 13.8. The van der Waals surface area contributed by atoms with E-state index < -0.39 is 0 Å². The van der Waals surface area contributed by atoms with Crippen molar-refractivity contribution >= 4 is 11.3 Å². The number of benzene rings is 1. The first-order chi connectivity index (χ1) is 10.2. The molecular weight excluding hydrogens is 280 g/mol. The highest BCUT2D eigenvalue weighted by molar-refractivity contribution is 7.12. The third-order valence-electron chi connectivity index (χ3n) is 3.68. The van der Waals surface area contributed by atoms with Crippen molar-refractivity contribution in [2.45, 2.75) is 25.9 Å². The van der Waals surface area contributed by atoms with Crippen LogP contribution in [0.3, 0.4) is 0 Å². The van der Waals surface area contributed by atoms with Crippen LogP contribution in [-0.2, 0) is 13.0 Å². The molecule has 1 heterocycles. The van der Waals surface area contributed by atoms with Gasteiger partial charge in [-0.2, -0.15) is 0 Å². The standard InChI is InChI=1S/C17H24N2OS/c1-4-15-8-9-17(21-15)16(11-18)19(2)12-13-6-5-7-14(10-13)20-3/h5-10,16H,4,11-12,18H2,1-3H3. The number of rotatable bonds is 7. The zero-order chi connectivity index (χ0) is 15.2. The molecule has 0 bridgehead atoms. The van der Waals surface area contributed by atoms with E-state index in [1.807, 2.05) is 23.5 Å². The van der Waals surface area contributed by atoms with Gasteiger partial charge < -0.3 is 10.5 Å². The summed E-state index contributed by atoms with van der Waals surface area (Å²) in [5.41, 5.74) is 7.24. The van der Waals surface area contributed by atoms with E-state index in [4.69, 9.17) is 10.5 Å². The number of ether oxygens (including phenoxy) is 1.